The number of anilines is 1. The third kappa shape index (κ3) is 2.89. The van der Waals surface area contributed by atoms with Crippen LogP contribution in [0, 0.1) is 12.8 Å². The first-order valence-corrected chi connectivity index (χ1v) is 9.80. The Morgan fingerprint density at radius 2 is 2.13 bits per heavy atom. The van der Waals surface area contributed by atoms with Crippen LogP contribution in [0.15, 0.2) is 30.7 Å². The van der Waals surface area contributed by atoms with E-state index in [2.05, 4.69) is 9.97 Å². The van der Waals surface area contributed by atoms with E-state index in [-0.39, 0.29) is 31.1 Å². The van der Waals surface area contributed by atoms with E-state index in [4.69, 9.17) is 15.2 Å². The summed E-state index contributed by atoms with van der Waals surface area (Å²) < 4.78 is 12.8. The van der Waals surface area contributed by atoms with Gasteiger partial charge in [-0.1, -0.05) is 0 Å². The van der Waals surface area contributed by atoms with Gasteiger partial charge in [0.1, 0.15) is 36.3 Å². The Balaban J connectivity index is 1.35. The van der Waals surface area contributed by atoms with Crippen molar-refractivity contribution in [2.24, 2.45) is 5.92 Å². The Bertz CT molecular complexity index is 1140. The van der Waals surface area contributed by atoms with Crippen molar-refractivity contribution in [1.82, 2.24) is 14.5 Å². The maximum Gasteiger partial charge on any atom is 0.339 e. The largest absolute Gasteiger partial charge is 0.493 e. The van der Waals surface area contributed by atoms with Gasteiger partial charge in [-0.2, -0.15) is 0 Å². The highest BCUT2D eigenvalue weighted by Gasteiger charge is 2.43. The molecule has 0 amide bonds. The maximum atomic E-state index is 11.8. The van der Waals surface area contributed by atoms with Gasteiger partial charge in [-0.15, -0.1) is 0 Å². The lowest BCUT2D eigenvalue weighted by Crippen LogP contribution is -2.31. The number of hydrogen-bond donors (Lipinski definition) is 3. The molecule has 3 aromatic rings. The van der Waals surface area contributed by atoms with Gasteiger partial charge in [0.25, 0.3) is 0 Å². The fraction of sp³-hybridized carbons (Fsp3) is 0.381. The van der Waals surface area contributed by atoms with Crippen LogP contribution >= 0.6 is 0 Å². The second-order valence-corrected chi connectivity index (χ2v) is 7.93. The number of nitrogens with zero attached hydrogens (tertiary/aromatic N) is 3. The number of aryl methyl sites for hydroxylation is 1. The van der Waals surface area contributed by atoms with Crippen LogP contribution < -0.4 is 10.5 Å². The number of esters is 1. The molecule has 0 unspecified atom stereocenters. The summed E-state index contributed by atoms with van der Waals surface area (Å²) in [7, 11) is 0. The molecule has 4 atom stereocenters. The molecule has 0 radical (unpaired) electrons. The zero-order valence-electron chi connectivity index (χ0n) is 16.4. The van der Waals surface area contributed by atoms with Crippen LogP contribution in [0.1, 0.15) is 33.9 Å². The number of carbonyl (C=O) groups excluding carboxylic acids is 1. The molecule has 3 heterocycles. The number of ether oxygens (including phenoxy) is 2. The summed E-state index contributed by atoms with van der Waals surface area (Å²) in [6.45, 7) is 2.39. The van der Waals surface area contributed by atoms with Crippen LogP contribution in [0.3, 0.4) is 0 Å². The third-order valence-corrected chi connectivity index (χ3v) is 6.10. The van der Waals surface area contributed by atoms with Gasteiger partial charge < -0.3 is 30.0 Å². The molecule has 1 aliphatic heterocycles. The predicted octanol–water partition coefficient (Wildman–Crippen LogP) is 1.35. The molecule has 0 spiro atoms. The van der Waals surface area contributed by atoms with Gasteiger partial charge in [0.05, 0.1) is 29.7 Å². The molecule has 1 aliphatic carbocycles. The average molecular weight is 410 g/mol. The van der Waals surface area contributed by atoms with E-state index in [1.54, 1.807) is 18.3 Å². The van der Waals surface area contributed by atoms with Gasteiger partial charge in [-0.05, 0) is 37.1 Å². The van der Waals surface area contributed by atoms with Crippen molar-refractivity contribution in [2.45, 2.75) is 38.2 Å². The minimum atomic E-state index is -0.971. The lowest BCUT2D eigenvalue weighted by Gasteiger charge is -2.19. The summed E-state index contributed by atoms with van der Waals surface area (Å²) in [6, 6.07) is 5.01. The van der Waals surface area contributed by atoms with Crippen LogP contribution in [0.4, 0.5) is 5.82 Å². The predicted molar refractivity (Wildman–Crippen MR) is 107 cm³/mol. The maximum absolute atomic E-state index is 11.8. The highest BCUT2D eigenvalue weighted by Crippen LogP contribution is 2.38. The quantitative estimate of drug-likeness (QED) is 0.549. The lowest BCUT2D eigenvalue weighted by molar-refractivity contribution is -0.00147. The Morgan fingerprint density at radius 1 is 1.30 bits per heavy atom. The van der Waals surface area contributed by atoms with Crippen molar-refractivity contribution < 1.29 is 24.5 Å². The molecule has 2 aromatic heterocycles. The van der Waals surface area contributed by atoms with Gasteiger partial charge in [-0.3, -0.25) is 0 Å². The fourth-order valence-electron chi connectivity index (χ4n) is 4.43. The minimum Gasteiger partial charge on any atom is -0.493 e. The number of benzene rings is 1. The van der Waals surface area contributed by atoms with Gasteiger partial charge >= 0.3 is 5.97 Å². The highest BCUT2D eigenvalue weighted by molar-refractivity contribution is 5.94. The Morgan fingerprint density at radius 3 is 2.97 bits per heavy atom. The molecule has 9 heteroatoms. The van der Waals surface area contributed by atoms with E-state index in [1.807, 2.05) is 17.6 Å². The second kappa shape index (κ2) is 6.96. The molecule has 4 N–H and O–H groups in total. The van der Waals surface area contributed by atoms with Crippen molar-refractivity contribution in [1.29, 1.82) is 0 Å². The Labute approximate surface area is 172 Å². The van der Waals surface area contributed by atoms with Gasteiger partial charge in [0.15, 0.2) is 0 Å². The average Bonchev–Trinajstić information content (AvgIpc) is 3.39. The third-order valence-electron chi connectivity index (χ3n) is 6.10. The molecule has 2 aliphatic rings. The normalized spacial score (nSPS) is 25.5. The van der Waals surface area contributed by atoms with E-state index in [0.29, 0.717) is 34.6 Å². The summed E-state index contributed by atoms with van der Waals surface area (Å²) in [6.07, 6.45) is 1.76. The number of nitrogens with two attached hydrogens (primary N) is 1. The van der Waals surface area contributed by atoms with E-state index in [9.17, 15) is 15.0 Å². The molecule has 30 heavy (non-hydrogen) atoms. The molecule has 1 fully saturated rings. The molecule has 9 nitrogen and oxygen atoms in total. The number of nitrogen functional groups attached to an aromatic ring is 1. The molecule has 1 saturated carbocycles. The van der Waals surface area contributed by atoms with E-state index >= 15 is 0 Å². The van der Waals surface area contributed by atoms with E-state index in [0.717, 1.165) is 11.1 Å². The van der Waals surface area contributed by atoms with Crippen molar-refractivity contribution in [2.75, 3.05) is 12.3 Å². The highest BCUT2D eigenvalue weighted by atomic mass is 16.5. The Hall–Kier alpha value is -3.17. The number of aliphatic hydroxyl groups excluding tert-OH is 2. The minimum absolute atomic E-state index is 0.208. The Kier molecular flexibility index (Phi) is 4.37. The topological polar surface area (TPSA) is 133 Å². The van der Waals surface area contributed by atoms with Crippen LogP contribution in [0.5, 0.6) is 5.75 Å². The van der Waals surface area contributed by atoms with Gasteiger partial charge in [0.2, 0.25) is 0 Å². The number of hydrogen-bond acceptors (Lipinski definition) is 8. The first kappa shape index (κ1) is 18.8. The molecular formula is C21H22N4O5. The smallest absolute Gasteiger partial charge is 0.339 e. The zero-order chi connectivity index (χ0) is 21.0. The number of fused-ring (bicyclic) bond motifs is 2. The molecule has 1 aromatic carbocycles. The summed E-state index contributed by atoms with van der Waals surface area (Å²) in [5.41, 5.74) is 8.77. The van der Waals surface area contributed by atoms with Crippen molar-refractivity contribution in [3.05, 3.63) is 47.4 Å². The zero-order valence-corrected chi connectivity index (χ0v) is 16.4. The van der Waals surface area contributed by atoms with E-state index in [1.165, 1.54) is 6.33 Å². The fourth-order valence-corrected chi connectivity index (χ4v) is 4.43. The monoisotopic (exact) mass is 410 g/mol. The second-order valence-electron chi connectivity index (χ2n) is 7.93. The van der Waals surface area contributed by atoms with Crippen LogP contribution in [-0.2, 0) is 11.3 Å². The van der Waals surface area contributed by atoms with Crippen LogP contribution in [0.2, 0.25) is 0 Å². The summed E-state index contributed by atoms with van der Waals surface area (Å²) in [5.74, 6) is 0.301. The number of cyclic esters (lactones) is 1. The van der Waals surface area contributed by atoms with Crippen LogP contribution in [0.25, 0.3) is 11.0 Å². The number of aliphatic hydroxyl groups is 2. The number of rotatable bonds is 4. The first-order chi connectivity index (χ1) is 14.4. The van der Waals surface area contributed by atoms with Crippen molar-refractivity contribution >= 4 is 22.8 Å². The van der Waals surface area contributed by atoms with Crippen molar-refractivity contribution in [3.8, 4) is 5.75 Å². The molecule has 5 rings (SSSR count). The number of carbonyl (C=O) groups is 1. The molecular weight excluding hydrogens is 388 g/mol. The molecule has 0 bridgehead atoms. The van der Waals surface area contributed by atoms with E-state index < -0.39 is 12.2 Å². The number of aromatic nitrogens is 3. The standard InChI is InChI=1S/C21H22N4O5/c1-10-4-11-7-30-21(28)14(11)6-16(10)29-8-12-5-15(18(27)17(12)26)25-3-2-13-19(22)23-9-24-20(13)25/h2-4,6,9,12,15,17-18,26-27H,5,7-8H2,1H3,(H2,22,23,24)/t12-,15-,17-,18+/m1/s1. The summed E-state index contributed by atoms with van der Waals surface area (Å²) in [5, 5.41) is 22.0. The van der Waals surface area contributed by atoms with Crippen molar-refractivity contribution in [3.63, 3.8) is 0 Å². The van der Waals surface area contributed by atoms with Crippen LogP contribution in [-0.4, -0.2) is 49.5 Å². The SMILES string of the molecule is Cc1cc2c(cc1OC[C@H]1C[C@@H](n3ccc4c(N)ncnc43)[C@H](O)[C@@H]1O)C(=O)OC2. The summed E-state index contributed by atoms with van der Waals surface area (Å²) >= 11 is 0. The summed E-state index contributed by atoms with van der Waals surface area (Å²) in [4.78, 5) is 20.1. The van der Waals surface area contributed by atoms with Gasteiger partial charge in [-0.25, -0.2) is 14.8 Å². The lowest BCUT2D eigenvalue weighted by atomic mass is 10.0. The first-order valence-electron chi connectivity index (χ1n) is 9.80. The van der Waals surface area contributed by atoms with Gasteiger partial charge in [0, 0.05) is 17.7 Å². The molecule has 156 valence electrons. The molecule has 0 saturated heterocycles.